The smallest absolute Gasteiger partial charge is 0.264 e. The maximum absolute atomic E-state index is 11.8. The Bertz CT molecular complexity index is 973. The Kier molecular flexibility index (Phi) is 13.5. The van der Waals surface area contributed by atoms with Gasteiger partial charge in [0.1, 0.15) is 12.2 Å². The molecule has 0 N–H and O–H groups in total. The average molecular weight is 547 g/mol. The lowest BCUT2D eigenvalue weighted by atomic mass is 10.2. The normalized spacial score (nSPS) is 13.9. The first-order valence-corrected chi connectivity index (χ1v) is 14.9. The van der Waals surface area contributed by atoms with Gasteiger partial charge in [-0.05, 0) is 11.1 Å². The molecule has 0 fully saturated rings. The van der Waals surface area contributed by atoms with E-state index in [0.717, 1.165) is 23.6 Å². The molecule has 0 saturated carbocycles. The Morgan fingerprint density at radius 3 is 1.22 bits per heavy atom. The minimum Gasteiger partial charge on any atom is -0.376 e. The molecular formula is C24H34O10S2. The zero-order chi connectivity index (χ0) is 26.3. The van der Waals surface area contributed by atoms with E-state index in [1.807, 2.05) is 60.7 Å². The van der Waals surface area contributed by atoms with Crippen LogP contribution in [0.15, 0.2) is 60.7 Å². The lowest BCUT2D eigenvalue weighted by Crippen LogP contribution is -2.41. The number of ether oxygens (including phenoxy) is 4. The quantitative estimate of drug-likeness (QED) is 0.191. The van der Waals surface area contributed by atoms with Crippen molar-refractivity contribution >= 4 is 20.2 Å². The van der Waals surface area contributed by atoms with Crippen LogP contribution in [0.4, 0.5) is 0 Å². The summed E-state index contributed by atoms with van der Waals surface area (Å²) in [5.74, 6) is 0. The summed E-state index contributed by atoms with van der Waals surface area (Å²) < 4.78 is 79.3. The van der Waals surface area contributed by atoms with Gasteiger partial charge in [0.25, 0.3) is 20.2 Å². The number of hydrogen-bond acceptors (Lipinski definition) is 10. The molecule has 10 nitrogen and oxygen atoms in total. The molecule has 0 aliphatic rings. The van der Waals surface area contributed by atoms with Gasteiger partial charge in [0.15, 0.2) is 0 Å². The van der Waals surface area contributed by atoms with Gasteiger partial charge in [-0.25, -0.2) is 0 Å². The van der Waals surface area contributed by atoms with E-state index < -0.39 is 32.4 Å². The molecule has 36 heavy (non-hydrogen) atoms. The molecule has 0 saturated heterocycles. The third-order valence-corrected chi connectivity index (χ3v) is 5.74. The van der Waals surface area contributed by atoms with E-state index in [0.29, 0.717) is 13.2 Å². The SMILES string of the molecule is CS(=O)(=O)O[C@@H](COCCOCc1ccccc1)[C@H](COCCOCc1ccccc1)OS(C)(=O)=O. The highest BCUT2D eigenvalue weighted by atomic mass is 32.2. The van der Waals surface area contributed by atoms with Crippen molar-refractivity contribution in [3.05, 3.63) is 71.8 Å². The largest absolute Gasteiger partial charge is 0.376 e. The topological polar surface area (TPSA) is 124 Å². The summed E-state index contributed by atoms with van der Waals surface area (Å²) in [4.78, 5) is 0. The van der Waals surface area contributed by atoms with E-state index in [1.165, 1.54) is 0 Å². The van der Waals surface area contributed by atoms with Crippen LogP contribution in [-0.4, -0.2) is 81.2 Å². The van der Waals surface area contributed by atoms with Crippen LogP contribution in [0.5, 0.6) is 0 Å². The predicted octanol–water partition coefficient (Wildman–Crippen LogP) is 2.14. The third kappa shape index (κ3) is 14.6. The fraction of sp³-hybridized carbons (Fsp3) is 0.500. The van der Waals surface area contributed by atoms with Gasteiger partial charge in [-0.3, -0.25) is 8.37 Å². The first-order chi connectivity index (χ1) is 17.1. The van der Waals surface area contributed by atoms with Crippen molar-refractivity contribution in [3.8, 4) is 0 Å². The van der Waals surface area contributed by atoms with Crippen molar-refractivity contribution in [1.82, 2.24) is 0 Å². The van der Waals surface area contributed by atoms with Crippen LogP contribution in [0.1, 0.15) is 11.1 Å². The number of hydrogen-bond donors (Lipinski definition) is 0. The molecule has 2 rings (SSSR count). The van der Waals surface area contributed by atoms with Crippen LogP contribution in [0.3, 0.4) is 0 Å². The van der Waals surface area contributed by atoms with Gasteiger partial charge in [0, 0.05) is 0 Å². The third-order valence-electron chi connectivity index (χ3n) is 4.54. The maximum Gasteiger partial charge on any atom is 0.264 e. The first-order valence-electron chi connectivity index (χ1n) is 11.3. The molecule has 2 aromatic rings. The Labute approximate surface area is 213 Å². The monoisotopic (exact) mass is 546 g/mol. The van der Waals surface area contributed by atoms with Crippen LogP contribution in [-0.2, 0) is 60.8 Å². The van der Waals surface area contributed by atoms with Gasteiger partial charge in [0.05, 0.1) is 65.4 Å². The minimum absolute atomic E-state index is 0.135. The second kappa shape index (κ2) is 16.0. The number of rotatable bonds is 19. The Balaban J connectivity index is 1.82. The van der Waals surface area contributed by atoms with E-state index in [1.54, 1.807) is 0 Å². The predicted molar refractivity (Wildman–Crippen MR) is 133 cm³/mol. The van der Waals surface area contributed by atoms with Crippen LogP contribution < -0.4 is 0 Å². The highest BCUT2D eigenvalue weighted by Gasteiger charge is 2.30. The highest BCUT2D eigenvalue weighted by Crippen LogP contribution is 2.12. The fourth-order valence-electron chi connectivity index (χ4n) is 3.01. The Morgan fingerprint density at radius 1 is 0.556 bits per heavy atom. The van der Waals surface area contributed by atoms with E-state index >= 15 is 0 Å². The van der Waals surface area contributed by atoms with Gasteiger partial charge in [-0.1, -0.05) is 60.7 Å². The molecule has 2 atom stereocenters. The Hall–Kier alpha value is -1.90. The highest BCUT2D eigenvalue weighted by molar-refractivity contribution is 7.86. The maximum atomic E-state index is 11.8. The van der Waals surface area contributed by atoms with Gasteiger partial charge in [0.2, 0.25) is 0 Å². The van der Waals surface area contributed by atoms with Crippen LogP contribution >= 0.6 is 0 Å². The number of benzene rings is 2. The van der Waals surface area contributed by atoms with Gasteiger partial charge in [-0.2, -0.15) is 16.8 Å². The summed E-state index contributed by atoms with van der Waals surface area (Å²) in [6, 6.07) is 19.1. The molecule has 0 spiro atoms. The first kappa shape index (κ1) is 30.3. The van der Waals surface area contributed by atoms with Gasteiger partial charge in [-0.15, -0.1) is 0 Å². The molecule has 0 heterocycles. The second-order valence-corrected chi connectivity index (χ2v) is 11.1. The molecule has 12 heteroatoms. The van der Waals surface area contributed by atoms with E-state index in [-0.39, 0.29) is 39.6 Å². The van der Waals surface area contributed by atoms with E-state index in [2.05, 4.69) is 0 Å². The van der Waals surface area contributed by atoms with Crippen molar-refractivity contribution in [3.63, 3.8) is 0 Å². The molecule has 0 amide bonds. The molecule has 0 aliphatic heterocycles. The lowest BCUT2D eigenvalue weighted by Gasteiger charge is -2.25. The van der Waals surface area contributed by atoms with Crippen LogP contribution in [0.2, 0.25) is 0 Å². The Morgan fingerprint density at radius 2 is 0.889 bits per heavy atom. The summed E-state index contributed by atoms with van der Waals surface area (Å²) in [5.41, 5.74) is 2.00. The van der Waals surface area contributed by atoms with Gasteiger partial charge < -0.3 is 18.9 Å². The molecule has 0 aliphatic carbocycles. The van der Waals surface area contributed by atoms with Crippen molar-refractivity contribution in [2.45, 2.75) is 25.4 Å². The van der Waals surface area contributed by atoms with E-state index in [4.69, 9.17) is 27.3 Å². The molecule has 202 valence electrons. The van der Waals surface area contributed by atoms with Crippen LogP contribution in [0.25, 0.3) is 0 Å². The summed E-state index contributed by atoms with van der Waals surface area (Å²) in [7, 11) is -7.89. The second-order valence-electron chi connectivity index (χ2n) is 7.90. The standard InChI is InChI=1S/C24H34O10S2/c1-35(25,26)33-23(19-31-15-13-29-17-21-9-5-3-6-10-21)24(34-36(2,27)28)20-32-16-14-30-18-22-11-7-4-8-12-22/h3-12,23-24H,13-20H2,1-2H3/t23-,24-/m0/s1. The molecule has 2 aromatic carbocycles. The molecular weight excluding hydrogens is 512 g/mol. The van der Waals surface area contributed by atoms with Gasteiger partial charge >= 0.3 is 0 Å². The van der Waals surface area contributed by atoms with Crippen molar-refractivity contribution < 1.29 is 44.1 Å². The lowest BCUT2D eigenvalue weighted by molar-refractivity contribution is -0.0586. The summed E-state index contributed by atoms with van der Waals surface area (Å²) in [5, 5.41) is 0. The summed E-state index contributed by atoms with van der Waals surface area (Å²) in [6.45, 7) is 1.04. The summed E-state index contributed by atoms with van der Waals surface area (Å²) >= 11 is 0. The zero-order valence-corrected chi connectivity index (χ0v) is 22.1. The van der Waals surface area contributed by atoms with Crippen molar-refractivity contribution in [2.75, 3.05) is 52.2 Å². The molecule has 0 bridgehead atoms. The minimum atomic E-state index is -3.94. The molecule has 0 radical (unpaired) electrons. The summed E-state index contributed by atoms with van der Waals surface area (Å²) in [6.07, 6.45) is -0.791. The van der Waals surface area contributed by atoms with E-state index in [9.17, 15) is 16.8 Å². The zero-order valence-electron chi connectivity index (χ0n) is 20.5. The van der Waals surface area contributed by atoms with Crippen molar-refractivity contribution in [1.29, 1.82) is 0 Å². The van der Waals surface area contributed by atoms with Crippen molar-refractivity contribution in [2.24, 2.45) is 0 Å². The molecule has 0 unspecified atom stereocenters. The fourth-order valence-corrected chi connectivity index (χ4v) is 4.26. The molecule has 0 aromatic heterocycles. The van der Waals surface area contributed by atoms with Crippen LogP contribution in [0, 0.1) is 0 Å². The average Bonchev–Trinajstić information content (AvgIpc) is 2.82.